The average Bonchev–Trinajstić information content (AvgIpc) is 2.49. The van der Waals surface area contributed by atoms with Crippen LogP contribution in [0.15, 0.2) is 72.9 Å². The van der Waals surface area contributed by atoms with Crippen molar-refractivity contribution in [2.24, 2.45) is 0 Å². The Labute approximate surface area is 113 Å². The predicted octanol–water partition coefficient (Wildman–Crippen LogP) is 4.72. The minimum atomic E-state index is 1.06. The molecule has 0 aliphatic heterocycles. The van der Waals surface area contributed by atoms with Crippen molar-refractivity contribution in [3.05, 3.63) is 78.5 Å². The van der Waals surface area contributed by atoms with Gasteiger partial charge >= 0.3 is 0 Å². The minimum Gasteiger partial charge on any atom is -0.256 e. The molecule has 0 saturated heterocycles. The zero-order valence-corrected chi connectivity index (χ0v) is 10.9. The predicted molar refractivity (Wildman–Crippen MR) is 79.8 cm³/mol. The maximum Gasteiger partial charge on any atom is 0.0731 e. The fourth-order valence-electron chi connectivity index (χ4n) is 2.26. The number of pyridine rings is 1. The van der Waals surface area contributed by atoms with E-state index in [4.69, 9.17) is 0 Å². The summed E-state index contributed by atoms with van der Waals surface area (Å²) in [7, 11) is 0. The van der Waals surface area contributed by atoms with Crippen LogP contribution in [0.1, 0.15) is 5.56 Å². The first kappa shape index (κ1) is 11.7. The summed E-state index contributed by atoms with van der Waals surface area (Å²) < 4.78 is 0. The Hall–Kier alpha value is -2.41. The van der Waals surface area contributed by atoms with Crippen molar-refractivity contribution in [3.63, 3.8) is 0 Å². The lowest BCUT2D eigenvalue weighted by Gasteiger charge is -2.07. The maximum absolute atomic E-state index is 4.48. The van der Waals surface area contributed by atoms with Crippen molar-refractivity contribution in [3.8, 4) is 22.4 Å². The third-order valence-electron chi connectivity index (χ3n) is 3.25. The summed E-state index contributed by atoms with van der Waals surface area (Å²) in [6.07, 6.45) is 1.84. The summed E-state index contributed by atoms with van der Waals surface area (Å²) in [5, 5.41) is 0. The summed E-state index contributed by atoms with van der Waals surface area (Å²) in [6, 6.07) is 23.0. The standard InChI is InChI=1S/C18H15N/c1-14-7-6-12-19-18(14)17-11-5-10-16(13-17)15-8-3-2-4-9-15/h2-13H,1H3. The van der Waals surface area contributed by atoms with Gasteiger partial charge in [-0.3, -0.25) is 4.98 Å². The summed E-state index contributed by atoms with van der Waals surface area (Å²) >= 11 is 0. The monoisotopic (exact) mass is 245 g/mol. The number of aryl methyl sites for hydroxylation is 1. The zero-order valence-electron chi connectivity index (χ0n) is 10.9. The molecule has 2 aromatic carbocycles. The summed E-state index contributed by atoms with van der Waals surface area (Å²) in [5.41, 5.74) is 5.88. The third kappa shape index (κ3) is 2.41. The Morgan fingerprint density at radius 1 is 0.684 bits per heavy atom. The van der Waals surface area contributed by atoms with Crippen LogP contribution in [-0.4, -0.2) is 4.98 Å². The third-order valence-corrected chi connectivity index (χ3v) is 3.25. The fraction of sp³-hybridized carbons (Fsp3) is 0.0556. The van der Waals surface area contributed by atoms with Gasteiger partial charge in [-0.1, -0.05) is 54.6 Å². The molecule has 3 rings (SSSR count). The molecule has 1 heterocycles. The average molecular weight is 245 g/mol. The van der Waals surface area contributed by atoms with Crippen LogP contribution in [0.3, 0.4) is 0 Å². The molecular formula is C18H15N. The number of hydrogen-bond donors (Lipinski definition) is 0. The fourth-order valence-corrected chi connectivity index (χ4v) is 2.26. The van der Waals surface area contributed by atoms with Crippen LogP contribution in [0.2, 0.25) is 0 Å². The number of aromatic nitrogens is 1. The van der Waals surface area contributed by atoms with Crippen LogP contribution in [0.4, 0.5) is 0 Å². The van der Waals surface area contributed by atoms with Crippen molar-refractivity contribution in [1.29, 1.82) is 0 Å². The molecule has 0 radical (unpaired) electrons. The van der Waals surface area contributed by atoms with E-state index in [2.05, 4.69) is 66.5 Å². The highest BCUT2D eigenvalue weighted by Gasteiger charge is 2.04. The van der Waals surface area contributed by atoms with Gasteiger partial charge in [-0.2, -0.15) is 0 Å². The van der Waals surface area contributed by atoms with Crippen molar-refractivity contribution < 1.29 is 0 Å². The van der Waals surface area contributed by atoms with Crippen LogP contribution in [0.5, 0.6) is 0 Å². The Balaban J connectivity index is 2.09. The van der Waals surface area contributed by atoms with E-state index in [0.29, 0.717) is 0 Å². The van der Waals surface area contributed by atoms with E-state index in [9.17, 15) is 0 Å². The topological polar surface area (TPSA) is 12.9 Å². The van der Waals surface area contributed by atoms with Gasteiger partial charge in [-0.05, 0) is 35.7 Å². The van der Waals surface area contributed by atoms with Crippen molar-refractivity contribution >= 4 is 0 Å². The lowest BCUT2D eigenvalue weighted by Crippen LogP contribution is -1.87. The van der Waals surface area contributed by atoms with Gasteiger partial charge in [0.15, 0.2) is 0 Å². The molecule has 0 spiro atoms. The van der Waals surface area contributed by atoms with Crippen LogP contribution in [0, 0.1) is 6.92 Å². The number of benzene rings is 2. The first-order valence-corrected chi connectivity index (χ1v) is 6.42. The van der Waals surface area contributed by atoms with Crippen LogP contribution in [0.25, 0.3) is 22.4 Å². The van der Waals surface area contributed by atoms with E-state index in [-0.39, 0.29) is 0 Å². The molecule has 0 N–H and O–H groups in total. The molecule has 1 nitrogen and oxygen atoms in total. The number of rotatable bonds is 2. The molecule has 19 heavy (non-hydrogen) atoms. The van der Waals surface area contributed by atoms with Crippen LogP contribution in [-0.2, 0) is 0 Å². The van der Waals surface area contributed by atoms with Crippen LogP contribution >= 0.6 is 0 Å². The quantitative estimate of drug-likeness (QED) is 0.636. The van der Waals surface area contributed by atoms with E-state index in [1.807, 2.05) is 18.3 Å². The Bertz CT molecular complexity index is 687. The van der Waals surface area contributed by atoms with Gasteiger partial charge in [0.05, 0.1) is 5.69 Å². The first-order chi connectivity index (χ1) is 9.34. The Morgan fingerprint density at radius 3 is 2.21 bits per heavy atom. The van der Waals surface area contributed by atoms with Gasteiger partial charge in [-0.15, -0.1) is 0 Å². The largest absolute Gasteiger partial charge is 0.256 e. The van der Waals surface area contributed by atoms with E-state index in [0.717, 1.165) is 5.69 Å². The van der Waals surface area contributed by atoms with Gasteiger partial charge in [0.25, 0.3) is 0 Å². The van der Waals surface area contributed by atoms with Gasteiger partial charge in [0, 0.05) is 11.8 Å². The minimum absolute atomic E-state index is 1.06. The molecule has 1 aromatic heterocycles. The van der Waals surface area contributed by atoms with Crippen molar-refractivity contribution in [2.75, 3.05) is 0 Å². The maximum atomic E-state index is 4.48. The highest BCUT2D eigenvalue weighted by atomic mass is 14.7. The molecule has 1 heteroatoms. The van der Waals surface area contributed by atoms with Crippen LogP contribution < -0.4 is 0 Å². The lowest BCUT2D eigenvalue weighted by atomic mass is 10.00. The molecule has 0 unspecified atom stereocenters. The second-order valence-corrected chi connectivity index (χ2v) is 4.62. The molecule has 0 amide bonds. The smallest absolute Gasteiger partial charge is 0.0731 e. The molecule has 0 atom stereocenters. The normalized spacial score (nSPS) is 10.4. The first-order valence-electron chi connectivity index (χ1n) is 6.42. The highest BCUT2D eigenvalue weighted by molar-refractivity contribution is 5.72. The molecule has 0 aliphatic rings. The zero-order chi connectivity index (χ0) is 13.1. The van der Waals surface area contributed by atoms with E-state index in [1.165, 1.54) is 22.3 Å². The molecule has 0 bridgehead atoms. The summed E-state index contributed by atoms with van der Waals surface area (Å²) in [4.78, 5) is 4.48. The van der Waals surface area contributed by atoms with Gasteiger partial charge in [0.2, 0.25) is 0 Å². The second kappa shape index (κ2) is 5.07. The summed E-state index contributed by atoms with van der Waals surface area (Å²) in [5.74, 6) is 0. The Kier molecular flexibility index (Phi) is 3.11. The molecular weight excluding hydrogens is 230 g/mol. The Morgan fingerprint density at radius 2 is 1.42 bits per heavy atom. The van der Waals surface area contributed by atoms with Gasteiger partial charge in [0.1, 0.15) is 0 Å². The second-order valence-electron chi connectivity index (χ2n) is 4.62. The number of nitrogens with zero attached hydrogens (tertiary/aromatic N) is 1. The van der Waals surface area contributed by atoms with E-state index < -0.39 is 0 Å². The molecule has 0 saturated carbocycles. The molecule has 92 valence electrons. The van der Waals surface area contributed by atoms with E-state index >= 15 is 0 Å². The van der Waals surface area contributed by atoms with Gasteiger partial charge in [-0.25, -0.2) is 0 Å². The summed E-state index contributed by atoms with van der Waals surface area (Å²) in [6.45, 7) is 2.09. The molecule has 0 aliphatic carbocycles. The van der Waals surface area contributed by atoms with Crippen molar-refractivity contribution in [1.82, 2.24) is 4.98 Å². The lowest BCUT2D eigenvalue weighted by molar-refractivity contribution is 1.27. The van der Waals surface area contributed by atoms with E-state index in [1.54, 1.807) is 0 Å². The van der Waals surface area contributed by atoms with Crippen molar-refractivity contribution in [2.45, 2.75) is 6.92 Å². The van der Waals surface area contributed by atoms with Gasteiger partial charge < -0.3 is 0 Å². The highest BCUT2D eigenvalue weighted by Crippen LogP contribution is 2.26. The SMILES string of the molecule is Cc1cccnc1-c1cccc(-c2ccccc2)c1. The molecule has 0 fully saturated rings. The number of hydrogen-bond acceptors (Lipinski definition) is 1. The molecule has 3 aromatic rings.